The summed E-state index contributed by atoms with van der Waals surface area (Å²) in [5, 5.41) is 9.30. The van der Waals surface area contributed by atoms with Gasteiger partial charge in [-0.1, -0.05) is 6.07 Å². The lowest BCUT2D eigenvalue weighted by Crippen LogP contribution is -2.13. The van der Waals surface area contributed by atoms with E-state index in [-0.39, 0.29) is 0 Å². The van der Waals surface area contributed by atoms with Gasteiger partial charge in [-0.05, 0) is 43.6 Å². The lowest BCUT2D eigenvalue weighted by atomic mass is 9.96. The maximum absolute atomic E-state index is 4.15. The van der Waals surface area contributed by atoms with Crippen molar-refractivity contribution in [3.8, 4) is 11.3 Å². The van der Waals surface area contributed by atoms with Crippen molar-refractivity contribution in [2.24, 2.45) is 0 Å². The molecule has 0 saturated carbocycles. The highest BCUT2D eigenvalue weighted by Gasteiger charge is 2.23. The molecule has 2 aromatic heterocycles. The molecule has 1 saturated heterocycles. The van der Waals surface area contributed by atoms with Crippen LogP contribution in [0, 0.1) is 0 Å². The van der Waals surface area contributed by atoms with E-state index in [9.17, 15) is 0 Å². The van der Waals surface area contributed by atoms with Crippen molar-refractivity contribution in [2.45, 2.75) is 12.3 Å². The zero-order chi connectivity index (χ0) is 14.2. The van der Waals surface area contributed by atoms with E-state index in [2.05, 4.69) is 56.5 Å². The van der Waals surface area contributed by atoms with Crippen LogP contribution >= 0.6 is 0 Å². The number of aromatic amines is 1. The zero-order valence-corrected chi connectivity index (χ0v) is 12.0. The molecule has 4 rings (SSSR count). The Morgan fingerprint density at radius 1 is 1.33 bits per heavy atom. The molecule has 21 heavy (non-hydrogen) atoms. The van der Waals surface area contributed by atoms with Gasteiger partial charge in [0.2, 0.25) is 0 Å². The first-order valence-electron chi connectivity index (χ1n) is 7.24. The molecule has 0 radical (unpaired) electrons. The lowest BCUT2D eigenvalue weighted by Gasteiger charge is -2.10. The third-order valence-corrected chi connectivity index (χ3v) is 4.32. The number of nitrogens with zero attached hydrogens (tertiary/aromatic N) is 4. The van der Waals surface area contributed by atoms with E-state index in [1.165, 1.54) is 35.8 Å². The molecule has 3 aromatic rings. The van der Waals surface area contributed by atoms with Crippen LogP contribution in [-0.4, -0.2) is 45.2 Å². The Kier molecular flexibility index (Phi) is 2.93. The Morgan fingerprint density at radius 3 is 3.05 bits per heavy atom. The number of H-pyrrole nitrogens is 1. The molecule has 0 amide bonds. The average molecular weight is 279 g/mol. The summed E-state index contributed by atoms with van der Waals surface area (Å²) in [5.74, 6) is 0.610. The van der Waals surface area contributed by atoms with Gasteiger partial charge in [-0.2, -0.15) is 0 Å². The summed E-state index contributed by atoms with van der Waals surface area (Å²) in [6.45, 7) is 2.30. The summed E-state index contributed by atoms with van der Waals surface area (Å²) in [4.78, 5) is 9.83. The number of benzene rings is 1. The number of aromatic nitrogens is 4. The van der Waals surface area contributed by atoms with Crippen LogP contribution in [0.2, 0.25) is 0 Å². The number of hydrogen-bond acceptors (Lipinski definition) is 4. The fourth-order valence-electron chi connectivity index (χ4n) is 3.21. The predicted octanol–water partition coefficient (Wildman–Crippen LogP) is 2.44. The standard InChI is InChI=1S/C16H17N5/c1-21-5-4-12(9-21)14-7-18-15-3-2-11(6-13(14)15)16-8-17-10-19-20-16/h2-3,6-8,10,12,18H,4-5,9H2,1H3. The first kappa shape index (κ1) is 12.5. The Morgan fingerprint density at radius 2 is 2.29 bits per heavy atom. The second-order valence-electron chi connectivity index (χ2n) is 5.75. The Hall–Kier alpha value is -2.27. The van der Waals surface area contributed by atoms with Crippen LogP contribution < -0.4 is 0 Å². The molecule has 1 N–H and O–H groups in total. The number of hydrogen-bond donors (Lipinski definition) is 1. The van der Waals surface area contributed by atoms with E-state index in [1.54, 1.807) is 6.20 Å². The van der Waals surface area contributed by atoms with E-state index in [0.717, 1.165) is 17.8 Å². The van der Waals surface area contributed by atoms with Crippen molar-refractivity contribution in [2.75, 3.05) is 20.1 Å². The van der Waals surface area contributed by atoms with Crippen LogP contribution in [0.25, 0.3) is 22.2 Å². The van der Waals surface area contributed by atoms with Gasteiger partial charge in [0.1, 0.15) is 12.0 Å². The second kappa shape index (κ2) is 4.93. The minimum atomic E-state index is 0.610. The van der Waals surface area contributed by atoms with Crippen LogP contribution in [0.5, 0.6) is 0 Å². The minimum absolute atomic E-state index is 0.610. The van der Waals surface area contributed by atoms with Crippen molar-refractivity contribution in [3.63, 3.8) is 0 Å². The second-order valence-corrected chi connectivity index (χ2v) is 5.75. The van der Waals surface area contributed by atoms with Gasteiger partial charge in [-0.25, -0.2) is 4.98 Å². The van der Waals surface area contributed by atoms with Gasteiger partial charge in [0, 0.05) is 29.2 Å². The molecule has 0 spiro atoms. The van der Waals surface area contributed by atoms with Crippen LogP contribution in [0.15, 0.2) is 36.9 Å². The normalized spacial score (nSPS) is 19.4. The molecule has 3 heterocycles. The van der Waals surface area contributed by atoms with Gasteiger partial charge >= 0.3 is 0 Å². The molecule has 0 bridgehead atoms. The highest BCUT2D eigenvalue weighted by molar-refractivity contribution is 5.88. The number of fused-ring (bicyclic) bond motifs is 1. The molecule has 1 aromatic carbocycles. The molecule has 1 fully saturated rings. The summed E-state index contributed by atoms with van der Waals surface area (Å²) in [6, 6.07) is 6.38. The number of likely N-dealkylation sites (N-methyl/N-ethyl adjacent to an activating group) is 1. The third-order valence-electron chi connectivity index (χ3n) is 4.32. The summed E-state index contributed by atoms with van der Waals surface area (Å²) in [7, 11) is 2.19. The van der Waals surface area contributed by atoms with Crippen molar-refractivity contribution in [1.82, 2.24) is 25.1 Å². The van der Waals surface area contributed by atoms with Gasteiger partial charge in [0.05, 0.1) is 6.20 Å². The topological polar surface area (TPSA) is 57.7 Å². The van der Waals surface area contributed by atoms with E-state index < -0.39 is 0 Å². The molecular formula is C16H17N5. The van der Waals surface area contributed by atoms with Crippen molar-refractivity contribution >= 4 is 10.9 Å². The highest BCUT2D eigenvalue weighted by Crippen LogP contribution is 2.33. The molecule has 5 heteroatoms. The van der Waals surface area contributed by atoms with Gasteiger partial charge in [-0.3, -0.25) is 0 Å². The van der Waals surface area contributed by atoms with E-state index in [4.69, 9.17) is 0 Å². The minimum Gasteiger partial charge on any atom is -0.361 e. The SMILES string of the molecule is CN1CCC(c2c[nH]c3ccc(-c4cncnn4)cc23)C1. The first-order chi connectivity index (χ1) is 10.3. The summed E-state index contributed by atoms with van der Waals surface area (Å²) >= 11 is 0. The smallest absolute Gasteiger partial charge is 0.138 e. The third kappa shape index (κ3) is 2.19. The fourth-order valence-corrected chi connectivity index (χ4v) is 3.21. The maximum atomic E-state index is 4.15. The highest BCUT2D eigenvalue weighted by atomic mass is 15.1. The molecule has 5 nitrogen and oxygen atoms in total. The van der Waals surface area contributed by atoms with Crippen LogP contribution in [0.4, 0.5) is 0 Å². The molecule has 106 valence electrons. The van der Waals surface area contributed by atoms with Gasteiger partial charge in [0.25, 0.3) is 0 Å². The molecular weight excluding hydrogens is 262 g/mol. The van der Waals surface area contributed by atoms with Gasteiger partial charge in [-0.15, -0.1) is 10.2 Å². The molecule has 1 atom stereocenters. The molecule has 0 aliphatic carbocycles. The molecule has 1 aliphatic heterocycles. The van der Waals surface area contributed by atoms with Gasteiger partial charge < -0.3 is 9.88 Å². The monoisotopic (exact) mass is 279 g/mol. The largest absolute Gasteiger partial charge is 0.361 e. The van der Waals surface area contributed by atoms with Crippen LogP contribution in [0.3, 0.4) is 0 Å². The fraction of sp³-hybridized carbons (Fsp3) is 0.312. The molecule has 1 unspecified atom stereocenters. The van der Waals surface area contributed by atoms with Gasteiger partial charge in [0.15, 0.2) is 0 Å². The number of likely N-dealkylation sites (tertiary alicyclic amines) is 1. The van der Waals surface area contributed by atoms with E-state index in [0.29, 0.717) is 5.92 Å². The first-order valence-corrected chi connectivity index (χ1v) is 7.24. The van der Waals surface area contributed by atoms with Crippen LogP contribution in [-0.2, 0) is 0 Å². The Bertz CT molecular complexity index is 765. The molecule has 1 aliphatic rings. The van der Waals surface area contributed by atoms with Crippen molar-refractivity contribution in [1.29, 1.82) is 0 Å². The summed E-state index contributed by atoms with van der Waals surface area (Å²) < 4.78 is 0. The number of rotatable bonds is 2. The summed E-state index contributed by atoms with van der Waals surface area (Å²) in [5.41, 5.74) is 4.47. The van der Waals surface area contributed by atoms with Crippen molar-refractivity contribution in [3.05, 3.63) is 42.5 Å². The lowest BCUT2D eigenvalue weighted by molar-refractivity contribution is 0.412. The zero-order valence-electron chi connectivity index (χ0n) is 12.0. The van der Waals surface area contributed by atoms with Crippen molar-refractivity contribution < 1.29 is 0 Å². The van der Waals surface area contributed by atoms with E-state index in [1.807, 2.05) is 0 Å². The Labute approximate surface area is 123 Å². The average Bonchev–Trinajstić information content (AvgIpc) is 3.13. The van der Waals surface area contributed by atoms with Crippen LogP contribution in [0.1, 0.15) is 17.9 Å². The summed E-state index contributed by atoms with van der Waals surface area (Å²) in [6.07, 6.45) is 6.59. The maximum Gasteiger partial charge on any atom is 0.138 e. The Balaban J connectivity index is 1.79. The predicted molar refractivity (Wildman–Crippen MR) is 82.0 cm³/mol. The quantitative estimate of drug-likeness (QED) is 0.782. The number of nitrogens with one attached hydrogen (secondary N) is 1. The van der Waals surface area contributed by atoms with E-state index >= 15 is 0 Å².